The number of carboxylic acids is 1. The fourth-order valence-electron chi connectivity index (χ4n) is 5.82. The molecule has 0 radical (unpaired) electrons. The number of likely N-dealkylation sites (N-methyl/N-ethyl adjacent to an activating group) is 2. The van der Waals surface area contributed by atoms with Gasteiger partial charge in [-0.1, -0.05) is 30.3 Å². The molecule has 1 saturated heterocycles. The number of carbonyl (C=O) groups excluding carboxylic acids is 7. The van der Waals surface area contributed by atoms with Gasteiger partial charge in [0.05, 0.1) is 25.9 Å². The van der Waals surface area contributed by atoms with Crippen molar-refractivity contribution in [2.24, 2.45) is 5.84 Å². The van der Waals surface area contributed by atoms with E-state index in [0.29, 0.717) is 10.6 Å². The molecule has 1 fully saturated rings. The summed E-state index contributed by atoms with van der Waals surface area (Å²) < 4.78 is 0. The van der Waals surface area contributed by atoms with Crippen molar-refractivity contribution in [1.82, 2.24) is 41.8 Å². The van der Waals surface area contributed by atoms with Crippen molar-refractivity contribution in [3.05, 3.63) is 35.9 Å². The largest absolute Gasteiger partial charge is 0.480 e. The number of aliphatic hydroxyl groups excluding tert-OH is 4. The molecule has 2 rings (SSSR count). The maximum Gasteiger partial charge on any atom is 0.326 e. The Morgan fingerprint density at radius 1 is 0.912 bits per heavy atom. The van der Waals surface area contributed by atoms with Crippen LogP contribution < -0.4 is 37.7 Å². The van der Waals surface area contributed by atoms with E-state index in [4.69, 9.17) is 5.84 Å². The van der Waals surface area contributed by atoms with E-state index in [-0.39, 0.29) is 45.1 Å². The molecule has 1 aromatic carbocycles. The SMILES string of the molecule is CN[C@@H](CO)C(=O)N(N)[C@H]1CCC(=O)NCCCC[C@@H](C(=O)N(C)[C@@H](CO)C(=O)N[C@@H](Cc2ccccc2)C(=O)O)NC(=O)[C@H](CO)NC(=O)[C@H](C(C)O)NC1=O. The van der Waals surface area contributed by atoms with Crippen molar-refractivity contribution in [2.75, 3.05) is 40.5 Å². The zero-order chi connectivity index (χ0) is 42.8. The van der Waals surface area contributed by atoms with Gasteiger partial charge in [0.25, 0.3) is 5.91 Å². The quantitative estimate of drug-likeness (QED) is 0.0473. The normalized spacial score (nSPS) is 22.4. The van der Waals surface area contributed by atoms with Crippen LogP contribution >= 0.6 is 0 Å². The highest BCUT2D eigenvalue weighted by Crippen LogP contribution is 2.12. The van der Waals surface area contributed by atoms with Crippen LogP contribution in [0, 0.1) is 0 Å². The van der Waals surface area contributed by atoms with E-state index in [2.05, 4.69) is 31.9 Å². The van der Waals surface area contributed by atoms with Gasteiger partial charge in [-0.05, 0) is 45.2 Å². The molecule has 0 saturated carbocycles. The van der Waals surface area contributed by atoms with E-state index in [1.165, 1.54) is 7.05 Å². The molecule has 13 N–H and O–H groups in total. The molecule has 0 aliphatic carbocycles. The highest BCUT2D eigenvalue weighted by Gasteiger charge is 2.38. The molecule has 57 heavy (non-hydrogen) atoms. The second-order valence-corrected chi connectivity index (χ2v) is 13.4. The minimum Gasteiger partial charge on any atom is -0.480 e. The Morgan fingerprint density at radius 3 is 2.14 bits per heavy atom. The standard InChI is InChI=1S/C35H55N9O13/c1-19(48)28-32(53)41-23(16-45)29(50)39-21(33(54)43(3)26(18-47)31(52)40-22(35(56)57)15-20-9-5-4-6-10-20)11-7-8-14-38-27(49)13-12-25(30(51)42-28)44(36)34(55)24(17-46)37-2/h4-6,9-10,19,21-26,28,37,45-48H,7-8,11-18,36H2,1-3H3,(H,38,49)(H,39,50)(H,40,52)(H,41,53)(H,42,51)(H,56,57)/t19?,21-,22-,23-,24-,25-,26-,28-/m0/s1. The van der Waals surface area contributed by atoms with Crippen LogP contribution in [0.3, 0.4) is 0 Å². The number of benzene rings is 1. The zero-order valence-electron chi connectivity index (χ0n) is 32.1. The van der Waals surface area contributed by atoms with Gasteiger partial charge in [-0.15, -0.1) is 0 Å². The van der Waals surface area contributed by atoms with E-state index < -0.39 is 116 Å². The Labute approximate surface area is 328 Å². The van der Waals surface area contributed by atoms with Crippen molar-refractivity contribution in [3.8, 4) is 0 Å². The Morgan fingerprint density at radius 2 is 1.58 bits per heavy atom. The molecule has 1 aliphatic rings. The highest BCUT2D eigenvalue weighted by atomic mass is 16.4. The smallest absolute Gasteiger partial charge is 0.326 e. The summed E-state index contributed by atoms with van der Waals surface area (Å²) in [6.07, 6.45) is -2.15. The molecule has 1 unspecified atom stereocenters. The third-order valence-electron chi connectivity index (χ3n) is 9.29. The molecule has 8 atom stereocenters. The van der Waals surface area contributed by atoms with Gasteiger partial charge < -0.3 is 62.3 Å². The number of amides is 7. The fourth-order valence-corrected chi connectivity index (χ4v) is 5.82. The monoisotopic (exact) mass is 809 g/mol. The number of hydrogen-bond donors (Lipinski definition) is 12. The van der Waals surface area contributed by atoms with Crippen LogP contribution in [0.15, 0.2) is 30.3 Å². The number of rotatable bonds is 14. The summed E-state index contributed by atoms with van der Waals surface area (Å²) in [6, 6.07) is -2.42. The molecule has 1 aromatic rings. The number of carbonyl (C=O) groups is 8. The predicted molar refractivity (Wildman–Crippen MR) is 199 cm³/mol. The lowest BCUT2D eigenvalue weighted by atomic mass is 10.0. The maximum absolute atomic E-state index is 13.8. The number of hydrazine groups is 1. The zero-order valence-corrected chi connectivity index (χ0v) is 32.1. The van der Waals surface area contributed by atoms with Gasteiger partial charge in [0.2, 0.25) is 35.4 Å². The lowest BCUT2D eigenvalue weighted by molar-refractivity contribution is -0.146. The second-order valence-electron chi connectivity index (χ2n) is 13.4. The molecule has 1 heterocycles. The summed E-state index contributed by atoms with van der Waals surface area (Å²) in [4.78, 5) is 106. The first-order valence-electron chi connectivity index (χ1n) is 18.3. The minimum absolute atomic E-state index is 0.0527. The van der Waals surface area contributed by atoms with Gasteiger partial charge in [0.15, 0.2) is 0 Å². The minimum atomic E-state index is -1.81. The van der Waals surface area contributed by atoms with E-state index in [1.54, 1.807) is 30.3 Å². The summed E-state index contributed by atoms with van der Waals surface area (Å²) >= 11 is 0. The number of nitrogens with two attached hydrogens (primary N) is 1. The lowest BCUT2D eigenvalue weighted by Gasteiger charge is -2.32. The van der Waals surface area contributed by atoms with Crippen molar-refractivity contribution in [3.63, 3.8) is 0 Å². The van der Waals surface area contributed by atoms with Gasteiger partial charge in [-0.3, -0.25) is 38.6 Å². The summed E-state index contributed by atoms with van der Waals surface area (Å²) in [5.74, 6) is -2.14. The van der Waals surface area contributed by atoms with Crippen LogP contribution in [-0.4, -0.2) is 172 Å². The number of nitrogens with zero attached hydrogens (tertiary/aromatic N) is 2. The summed E-state index contributed by atoms with van der Waals surface area (Å²) in [5.41, 5.74) is 0.596. The average molecular weight is 810 g/mol. The van der Waals surface area contributed by atoms with Gasteiger partial charge >= 0.3 is 5.97 Å². The number of nitrogens with one attached hydrogen (secondary N) is 6. The second kappa shape index (κ2) is 23.7. The van der Waals surface area contributed by atoms with Crippen LogP contribution in [-0.2, 0) is 44.8 Å². The van der Waals surface area contributed by atoms with Crippen LogP contribution in [0.4, 0.5) is 0 Å². The van der Waals surface area contributed by atoms with Gasteiger partial charge in [-0.2, -0.15) is 0 Å². The Balaban J connectivity index is 2.36. The summed E-state index contributed by atoms with van der Waals surface area (Å²) in [6.45, 7) is -1.48. The fraction of sp³-hybridized carbons (Fsp3) is 0.600. The van der Waals surface area contributed by atoms with Crippen LogP contribution in [0.1, 0.15) is 44.6 Å². The van der Waals surface area contributed by atoms with E-state index in [1.807, 2.05) is 0 Å². The van der Waals surface area contributed by atoms with E-state index in [9.17, 15) is 63.9 Å². The molecular formula is C35H55N9O13. The number of aliphatic hydroxyl groups is 4. The van der Waals surface area contributed by atoms with Crippen molar-refractivity contribution >= 4 is 47.3 Å². The molecule has 22 heteroatoms. The van der Waals surface area contributed by atoms with Crippen molar-refractivity contribution in [2.45, 2.75) is 93.8 Å². The average Bonchev–Trinajstić information content (AvgIpc) is 3.18. The molecule has 22 nitrogen and oxygen atoms in total. The first kappa shape index (κ1) is 47.9. The number of hydrogen-bond acceptors (Lipinski definition) is 14. The first-order chi connectivity index (χ1) is 27.0. The third kappa shape index (κ3) is 14.3. The molecule has 0 spiro atoms. The van der Waals surface area contributed by atoms with Crippen molar-refractivity contribution in [1.29, 1.82) is 0 Å². The first-order valence-corrected chi connectivity index (χ1v) is 18.3. The van der Waals surface area contributed by atoms with E-state index in [0.717, 1.165) is 18.9 Å². The molecular weight excluding hydrogens is 754 g/mol. The maximum atomic E-state index is 13.8. The Hall–Kier alpha value is -5.26. The topological polar surface area (TPSA) is 342 Å². The number of aliphatic carboxylic acids is 1. The molecule has 7 amide bonds. The summed E-state index contributed by atoms with van der Waals surface area (Å²) in [5, 5.41) is 64.8. The van der Waals surface area contributed by atoms with Gasteiger partial charge in [-0.25, -0.2) is 10.6 Å². The Bertz CT molecular complexity index is 1550. The lowest BCUT2D eigenvalue weighted by Crippen LogP contribution is -2.63. The van der Waals surface area contributed by atoms with Crippen molar-refractivity contribution < 1.29 is 63.9 Å². The van der Waals surface area contributed by atoms with E-state index >= 15 is 0 Å². The van der Waals surface area contributed by atoms with Crippen LogP contribution in [0.25, 0.3) is 0 Å². The molecule has 318 valence electrons. The molecule has 0 aromatic heterocycles. The third-order valence-corrected chi connectivity index (χ3v) is 9.29. The highest BCUT2D eigenvalue weighted by molar-refractivity contribution is 5.97. The van der Waals surface area contributed by atoms with Crippen LogP contribution in [0.5, 0.6) is 0 Å². The summed E-state index contributed by atoms with van der Waals surface area (Å²) in [7, 11) is 2.51. The molecule has 1 aliphatic heterocycles. The Kier molecular flexibility index (Phi) is 19.9. The van der Waals surface area contributed by atoms with Gasteiger partial charge in [0.1, 0.15) is 42.3 Å². The van der Waals surface area contributed by atoms with Crippen LogP contribution in [0.2, 0.25) is 0 Å². The predicted octanol–water partition coefficient (Wildman–Crippen LogP) is -5.82. The number of carboxylic acid groups (broad SMARTS) is 1. The molecule has 0 bridgehead atoms. The van der Waals surface area contributed by atoms with Gasteiger partial charge in [0, 0.05) is 26.4 Å².